The second-order valence-electron chi connectivity index (χ2n) is 9.30. The van der Waals surface area contributed by atoms with Crippen LogP contribution >= 0.6 is 11.6 Å². The number of amides is 2. The first-order valence-corrected chi connectivity index (χ1v) is 12.6. The largest absolute Gasteiger partial charge is 0.497 e. The van der Waals surface area contributed by atoms with Crippen LogP contribution in [0.2, 0.25) is 5.02 Å². The number of carbonyl (C=O) groups excluding carboxylic acids is 2. The number of benzene rings is 3. The van der Waals surface area contributed by atoms with Crippen LogP contribution in [0.25, 0.3) is 0 Å². The van der Waals surface area contributed by atoms with Crippen molar-refractivity contribution >= 4 is 29.1 Å². The molecule has 0 aliphatic carbocycles. The van der Waals surface area contributed by atoms with Crippen LogP contribution in [-0.2, 0) is 13.1 Å². The van der Waals surface area contributed by atoms with Crippen molar-refractivity contribution in [2.75, 3.05) is 45.0 Å². The molecule has 0 aromatic heterocycles. The Balaban J connectivity index is 1.15. The number of fused-ring (bicyclic) bond motifs is 2. The maximum atomic E-state index is 13.4. The zero-order valence-corrected chi connectivity index (χ0v) is 21.2. The van der Waals surface area contributed by atoms with Crippen LogP contribution in [0.3, 0.4) is 0 Å². The normalized spacial score (nSPS) is 16.9. The zero-order valence-electron chi connectivity index (χ0n) is 20.4. The molecular formula is C28H26ClN3O5. The molecule has 2 amide bonds. The van der Waals surface area contributed by atoms with Gasteiger partial charge in [0.2, 0.25) is 6.79 Å². The number of piperazine rings is 1. The van der Waals surface area contributed by atoms with E-state index in [1.165, 1.54) is 4.90 Å². The van der Waals surface area contributed by atoms with Gasteiger partial charge in [0.25, 0.3) is 11.8 Å². The van der Waals surface area contributed by atoms with Crippen LogP contribution in [0.1, 0.15) is 31.8 Å². The summed E-state index contributed by atoms with van der Waals surface area (Å²) in [6.45, 7) is 4.20. The summed E-state index contributed by atoms with van der Waals surface area (Å²) in [5, 5.41) is 0.661. The van der Waals surface area contributed by atoms with Crippen molar-refractivity contribution in [3.05, 3.63) is 81.9 Å². The van der Waals surface area contributed by atoms with Crippen LogP contribution < -0.4 is 19.1 Å². The molecule has 3 aromatic rings. The summed E-state index contributed by atoms with van der Waals surface area (Å²) < 4.78 is 16.1. The molecule has 3 heterocycles. The smallest absolute Gasteiger partial charge is 0.263 e. The SMILES string of the molecule is COc1ccc(CN2C(=O)c3cccc(N4CCN(Cc5cc6c(cc5Cl)OCO6)CC4)c3C2=O)cc1. The van der Waals surface area contributed by atoms with Gasteiger partial charge in [-0.1, -0.05) is 29.8 Å². The van der Waals surface area contributed by atoms with E-state index < -0.39 is 0 Å². The molecule has 37 heavy (non-hydrogen) atoms. The predicted molar refractivity (Wildman–Crippen MR) is 139 cm³/mol. The molecule has 190 valence electrons. The van der Waals surface area contributed by atoms with Crippen LogP contribution in [0.5, 0.6) is 17.2 Å². The fourth-order valence-electron chi connectivity index (χ4n) is 5.10. The number of hydrogen-bond acceptors (Lipinski definition) is 7. The summed E-state index contributed by atoms with van der Waals surface area (Å²) in [6, 6.07) is 16.7. The first-order chi connectivity index (χ1) is 18.0. The number of ether oxygens (including phenoxy) is 3. The average Bonchev–Trinajstić information content (AvgIpc) is 3.47. The van der Waals surface area contributed by atoms with E-state index in [0.29, 0.717) is 28.4 Å². The summed E-state index contributed by atoms with van der Waals surface area (Å²) in [5.41, 5.74) is 3.63. The molecular weight excluding hydrogens is 494 g/mol. The molecule has 0 atom stereocenters. The third kappa shape index (κ3) is 4.36. The van der Waals surface area contributed by atoms with Crippen molar-refractivity contribution in [1.29, 1.82) is 0 Å². The maximum absolute atomic E-state index is 13.4. The lowest BCUT2D eigenvalue weighted by molar-refractivity contribution is 0.0642. The number of anilines is 1. The number of rotatable bonds is 6. The highest BCUT2D eigenvalue weighted by molar-refractivity contribution is 6.31. The monoisotopic (exact) mass is 519 g/mol. The minimum Gasteiger partial charge on any atom is -0.497 e. The Kier molecular flexibility index (Phi) is 6.14. The van der Waals surface area contributed by atoms with Gasteiger partial charge >= 0.3 is 0 Å². The van der Waals surface area contributed by atoms with Crippen molar-refractivity contribution in [3.8, 4) is 17.2 Å². The molecule has 0 unspecified atom stereocenters. The highest BCUT2D eigenvalue weighted by Crippen LogP contribution is 2.38. The molecule has 3 aliphatic rings. The summed E-state index contributed by atoms with van der Waals surface area (Å²) in [4.78, 5) is 32.4. The van der Waals surface area contributed by atoms with E-state index in [2.05, 4.69) is 9.80 Å². The highest BCUT2D eigenvalue weighted by Gasteiger charge is 2.38. The molecule has 3 aliphatic heterocycles. The predicted octanol–water partition coefficient (Wildman–Crippen LogP) is 4.20. The van der Waals surface area contributed by atoms with Crippen LogP contribution in [0, 0.1) is 0 Å². The zero-order chi connectivity index (χ0) is 25.5. The van der Waals surface area contributed by atoms with E-state index in [9.17, 15) is 9.59 Å². The second-order valence-corrected chi connectivity index (χ2v) is 9.71. The molecule has 1 saturated heterocycles. The third-order valence-corrected chi connectivity index (χ3v) is 7.48. The van der Waals surface area contributed by atoms with E-state index in [0.717, 1.165) is 54.5 Å². The minimum absolute atomic E-state index is 0.216. The van der Waals surface area contributed by atoms with Gasteiger partial charge in [0, 0.05) is 43.8 Å². The van der Waals surface area contributed by atoms with Crippen LogP contribution in [-0.4, -0.2) is 61.7 Å². The molecule has 1 fully saturated rings. The summed E-state index contributed by atoms with van der Waals surface area (Å²) in [7, 11) is 1.60. The van der Waals surface area contributed by atoms with Crippen molar-refractivity contribution in [3.63, 3.8) is 0 Å². The molecule has 8 nitrogen and oxygen atoms in total. The number of hydrogen-bond donors (Lipinski definition) is 0. The van der Waals surface area contributed by atoms with Gasteiger partial charge in [-0.2, -0.15) is 0 Å². The molecule has 0 bridgehead atoms. The van der Waals surface area contributed by atoms with E-state index >= 15 is 0 Å². The van der Waals surface area contributed by atoms with Gasteiger partial charge in [0.15, 0.2) is 11.5 Å². The topological polar surface area (TPSA) is 71.6 Å². The summed E-state index contributed by atoms with van der Waals surface area (Å²) in [6.07, 6.45) is 0. The van der Waals surface area contributed by atoms with Gasteiger partial charge in [-0.3, -0.25) is 19.4 Å². The fourth-order valence-corrected chi connectivity index (χ4v) is 5.32. The second kappa shape index (κ2) is 9.61. The Bertz CT molecular complexity index is 1370. The number of nitrogens with zero attached hydrogens (tertiary/aromatic N) is 3. The van der Waals surface area contributed by atoms with E-state index in [4.69, 9.17) is 25.8 Å². The van der Waals surface area contributed by atoms with Crippen molar-refractivity contribution in [1.82, 2.24) is 9.80 Å². The molecule has 9 heteroatoms. The standard InChI is InChI=1S/C28H26ClN3O5/c1-35-20-7-5-18(6-8-20)15-32-27(33)21-3-2-4-23(26(21)28(32)34)31-11-9-30(10-12-31)16-19-13-24-25(14-22(19)29)37-17-36-24/h2-8,13-14H,9-12,15-17H2,1H3. The Morgan fingerprint density at radius 2 is 1.62 bits per heavy atom. The third-order valence-electron chi connectivity index (χ3n) is 7.13. The van der Waals surface area contributed by atoms with Crippen molar-refractivity contribution in [2.24, 2.45) is 0 Å². The van der Waals surface area contributed by atoms with Crippen LogP contribution in [0.4, 0.5) is 5.69 Å². The van der Waals surface area contributed by atoms with Crippen LogP contribution in [0.15, 0.2) is 54.6 Å². The number of halogens is 1. The first kappa shape index (κ1) is 23.6. The van der Waals surface area contributed by atoms with E-state index in [-0.39, 0.29) is 25.2 Å². The fraction of sp³-hybridized carbons (Fsp3) is 0.286. The summed E-state index contributed by atoms with van der Waals surface area (Å²) >= 11 is 6.48. The highest BCUT2D eigenvalue weighted by atomic mass is 35.5. The molecule has 0 spiro atoms. The summed E-state index contributed by atoms with van der Waals surface area (Å²) in [5.74, 6) is 1.63. The van der Waals surface area contributed by atoms with Crippen molar-refractivity contribution < 1.29 is 23.8 Å². The molecule has 3 aromatic carbocycles. The van der Waals surface area contributed by atoms with Crippen molar-refractivity contribution in [2.45, 2.75) is 13.1 Å². The average molecular weight is 520 g/mol. The Morgan fingerprint density at radius 1 is 0.892 bits per heavy atom. The van der Waals surface area contributed by atoms with Gasteiger partial charge in [0.1, 0.15) is 5.75 Å². The molecule has 0 radical (unpaired) electrons. The lowest BCUT2D eigenvalue weighted by Crippen LogP contribution is -2.46. The first-order valence-electron chi connectivity index (χ1n) is 12.2. The van der Waals surface area contributed by atoms with Gasteiger partial charge in [0.05, 0.1) is 30.5 Å². The molecule has 6 rings (SSSR count). The lowest BCUT2D eigenvalue weighted by atomic mass is 10.1. The number of methoxy groups -OCH3 is 1. The Hall–Kier alpha value is -3.75. The Labute approximate surface area is 219 Å². The van der Waals surface area contributed by atoms with E-state index in [1.807, 2.05) is 48.5 Å². The Morgan fingerprint density at radius 3 is 2.35 bits per heavy atom. The number of imide groups is 1. The van der Waals surface area contributed by atoms with Gasteiger partial charge in [-0.15, -0.1) is 0 Å². The van der Waals surface area contributed by atoms with Gasteiger partial charge in [-0.05, 0) is 41.5 Å². The van der Waals surface area contributed by atoms with Gasteiger partial charge in [-0.25, -0.2) is 0 Å². The minimum atomic E-state index is -0.256. The molecule has 0 saturated carbocycles. The number of carbonyl (C=O) groups is 2. The molecule has 0 N–H and O–H groups in total. The van der Waals surface area contributed by atoms with E-state index in [1.54, 1.807) is 13.2 Å². The van der Waals surface area contributed by atoms with Gasteiger partial charge < -0.3 is 19.1 Å². The quantitative estimate of drug-likeness (QED) is 0.452. The lowest BCUT2D eigenvalue weighted by Gasteiger charge is -2.36. The maximum Gasteiger partial charge on any atom is 0.263 e.